The third-order valence-corrected chi connectivity index (χ3v) is 5.84. The monoisotopic (exact) mass is 445 g/mol. The molecular weight excluding hydrogens is 417 g/mol. The van der Waals surface area contributed by atoms with Gasteiger partial charge in [-0.05, 0) is 42.3 Å². The van der Waals surface area contributed by atoms with Crippen LogP contribution in [0, 0.1) is 25.1 Å². The Morgan fingerprint density at radius 3 is 2.64 bits per heavy atom. The summed E-state index contributed by atoms with van der Waals surface area (Å²) in [4.78, 5) is 8.68. The van der Waals surface area contributed by atoms with E-state index < -0.39 is 6.10 Å². The molecule has 0 radical (unpaired) electrons. The second-order valence-corrected chi connectivity index (χ2v) is 8.24. The number of terminal acetylenes is 1. The van der Waals surface area contributed by atoms with E-state index in [4.69, 9.17) is 11.2 Å². The van der Waals surface area contributed by atoms with Gasteiger partial charge in [0, 0.05) is 44.5 Å². The number of hydrogen-bond donors (Lipinski definition) is 1. The first-order valence-electron chi connectivity index (χ1n) is 11.1. The summed E-state index contributed by atoms with van der Waals surface area (Å²) < 4.78 is 20.5. The van der Waals surface area contributed by atoms with Gasteiger partial charge in [0.25, 0.3) is 0 Å². The summed E-state index contributed by atoms with van der Waals surface area (Å²) in [7, 11) is 0. The number of aryl methyl sites for hydroxylation is 1. The first-order valence-corrected chi connectivity index (χ1v) is 11.1. The topological polar surface area (TPSA) is 48.8 Å². The van der Waals surface area contributed by atoms with Crippen LogP contribution >= 0.6 is 0 Å². The summed E-state index contributed by atoms with van der Waals surface area (Å²) in [5.41, 5.74) is 3.66. The van der Waals surface area contributed by atoms with Gasteiger partial charge in [-0.2, -0.15) is 0 Å². The molecule has 33 heavy (non-hydrogen) atoms. The molecule has 0 unspecified atom stereocenters. The highest BCUT2D eigenvalue weighted by molar-refractivity contribution is 5.57. The fourth-order valence-electron chi connectivity index (χ4n) is 4.13. The van der Waals surface area contributed by atoms with E-state index >= 15 is 0 Å². The van der Waals surface area contributed by atoms with Crippen LogP contribution in [0.25, 0.3) is 0 Å². The van der Waals surface area contributed by atoms with Crippen LogP contribution in [0.2, 0.25) is 0 Å². The molecule has 3 aromatic rings. The standard InChI is InChI=1S/C27H28FN3O2/c1-3-16-33-22-7-4-6-21(17-22)19-30-12-14-31(15-13-30)26-23(8-5-9-24(26)28)27(32)25-11-10-20(2)18-29-25/h1,4-11,17-18,27,32H,12-16,19H2,2H3/t27-/m1/s1. The molecule has 1 saturated heterocycles. The third-order valence-electron chi connectivity index (χ3n) is 5.84. The minimum absolute atomic E-state index is 0.247. The van der Waals surface area contributed by atoms with E-state index in [0.717, 1.165) is 36.5 Å². The smallest absolute Gasteiger partial charge is 0.148 e. The number of pyridine rings is 1. The van der Waals surface area contributed by atoms with Gasteiger partial charge in [-0.3, -0.25) is 9.88 Å². The Morgan fingerprint density at radius 2 is 1.91 bits per heavy atom. The molecule has 1 aromatic heterocycles. The van der Waals surface area contributed by atoms with Gasteiger partial charge < -0.3 is 14.7 Å². The molecule has 0 amide bonds. The maximum atomic E-state index is 15.0. The average molecular weight is 446 g/mol. The average Bonchev–Trinajstić information content (AvgIpc) is 2.83. The van der Waals surface area contributed by atoms with Crippen LogP contribution < -0.4 is 9.64 Å². The van der Waals surface area contributed by atoms with Crippen molar-refractivity contribution in [3.05, 3.63) is 89.0 Å². The largest absolute Gasteiger partial charge is 0.481 e. The number of anilines is 1. The van der Waals surface area contributed by atoms with E-state index in [-0.39, 0.29) is 12.4 Å². The summed E-state index contributed by atoms with van der Waals surface area (Å²) >= 11 is 0. The maximum absolute atomic E-state index is 15.0. The maximum Gasteiger partial charge on any atom is 0.148 e. The van der Waals surface area contributed by atoms with Crippen LogP contribution in [-0.2, 0) is 6.54 Å². The molecule has 1 aliphatic rings. The van der Waals surface area contributed by atoms with Gasteiger partial charge in [0.2, 0.25) is 0 Å². The summed E-state index contributed by atoms with van der Waals surface area (Å²) in [5, 5.41) is 11.0. The Balaban J connectivity index is 1.45. The van der Waals surface area contributed by atoms with Gasteiger partial charge in [-0.1, -0.05) is 36.3 Å². The molecule has 1 aliphatic heterocycles. The minimum atomic E-state index is -0.986. The second kappa shape index (κ2) is 10.5. The number of nitrogens with zero attached hydrogens (tertiary/aromatic N) is 3. The number of ether oxygens (including phenoxy) is 1. The quantitative estimate of drug-likeness (QED) is 0.558. The van der Waals surface area contributed by atoms with Crippen molar-refractivity contribution in [1.82, 2.24) is 9.88 Å². The number of piperazine rings is 1. The Bertz CT molecular complexity index is 1120. The van der Waals surface area contributed by atoms with Crippen LogP contribution in [0.5, 0.6) is 5.75 Å². The molecule has 6 heteroatoms. The van der Waals surface area contributed by atoms with Gasteiger partial charge in [-0.25, -0.2) is 4.39 Å². The number of benzene rings is 2. The van der Waals surface area contributed by atoms with E-state index in [2.05, 4.69) is 21.9 Å². The summed E-state index contributed by atoms with van der Waals surface area (Å²) in [6.45, 7) is 5.85. The van der Waals surface area contributed by atoms with Gasteiger partial charge in [0.15, 0.2) is 0 Å². The second-order valence-electron chi connectivity index (χ2n) is 8.24. The fourth-order valence-corrected chi connectivity index (χ4v) is 4.13. The Kier molecular flexibility index (Phi) is 7.23. The van der Waals surface area contributed by atoms with Gasteiger partial charge in [0.05, 0.1) is 11.4 Å². The lowest BCUT2D eigenvalue weighted by atomic mass is 10.0. The van der Waals surface area contributed by atoms with Crippen molar-refractivity contribution in [2.24, 2.45) is 0 Å². The van der Waals surface area contributed by atoms with E-state index in [9.17, 15) is 9.50 Å². The predicted octanol–water partition coefficient (Wildman–Crippen LogP) is 3.95. The number of halogens is 1. The molecular formula is C27H28FN3O2. The molecule has 5 nitrogen and oxygen atoms in total. The molecule has 0 spiro atoms. The van der Waals surface area contributed by atoms with Crippen LogP contribution in [0.15, 0.2) is 60.8 Å². The van der Waals surface area contributed by atoms with Crippen molar-refractivity contribution < 1.29 is 14.2 Å². The lowest BCUT2D eigenvalue weighted by molar-refractivity contribution is 0.213. The van der Waals surface area contributed by atoms with Crippen LogP contribution in [0.3, 0.4) is 0 Å². The van der Waals surface area contributed by atoms with Gasteiger partial charge in [-0.15, -0.1) is 6.42 Å². The van der Waals surface area contributed by atoms with Crippen LogP contribution in [0.4, 0.5) is 10.1 Å². The first-order chi connectivity index (χ1) is 16.0. The fraction of sp³-hybridized carbons (Fsp3) is 0.296. The lowest BCUT2D eigenvalue weighted by Crippen LogP contribution is -2.46. The highest BCUT2D eigenvalue weighted by Crippen LogP contribution is 2.33. The summed E-state index contributed by atoms with van der Waals surface area (Å²) in [6.07, 6.45) is 6.00. The van der Waals surface area contributed by atoms with Gasteiger partial charge in [0.1, 0.15) is 24.3 Å². The van der Waals surface area contributed by atoms with E-state index in [0.29, 0.717) is 30.0 Å². The Morgan fingerprint density at radius 1 is 1.12 bits per heavy atom. The highest BCUT2D eigenvalue weighted by atomic mass is 19.1. The highest BCUT2D eigenvalue weighted by Gasteiger charge is 2.25. The van der Waals surface area contributed by atoms with E-state index in [1.807, 2.05) is 36.1 Å². The molecule has 0 saturated carbocycles. The molecule has 2 heterocycles. The molecule has 1 N–H and O–H groups in total. The zero-order chi connectivity index (χ0) is 23.2. The molecule has 0 bridgehead atoms. The first kappa shape index (κ1) is 22.8. The van der Waals surface area contributed by atoms with Crippen molar-refractivity contribution in [2.75, 3.05) is 37.7 Å². The van der Waals surface area contributed by atoms with Crippen molar-refractivity contribution >= 4 is 5.69 Å². The Hall–Kier alpha value is -3.40. The predicted molar refractivity (Wildman–Crippen MR) is 128 cm³/mol. The molecule has 1 atom stereocenters. The van der Waals surface area contributed by atoms with Crippen molar-refractivity contribution in [3.8, 4) is 18.1 Å². The normalized spacial score (nSPS) is 15.2. The molecule has 4 rings (SSSR count). The number of hydrogen-bond acceptors (Lipinski definition) is 5. The summed E-state index contributed by atoms with van der Waals surface area (Å²) in [5.74, 6) is 2.91. The molecule has 1 fully saturated rings. The van der Waals surface area contributed by atoms with Crippen LogP contribution in [0.1, 0.15) is 28.5 Å². The molecule has 2 aromatic carbocycles. The van der Waals surface area contributed by atoms with E-state index in [1.54, 1.807) is 24.4 Å². The minimum Gasteiger partial charge on any atom is -0.481 e. The number of para-hydroxylation sites is 1. The van der Waals surface area contributed by atoms with Crippen molar-refractivity contribution in [3.63, 3.8) is 0 Å². The van der Waals surface area contributed by atoms with Gasteiger partial charge >= 0.3 is 0 Å². The lowest BCUT2D eigenvalue weighted by Gasteiger charge is -2.37. The zero-order valence-corrected chi connectivity index (χ0v) is 18.7. The SMILES string of the molecule is C#CCOc1cccc(CN2CCN(c3c(F)cccc3[C@@H](O)c3ccc(C)cn3)CC2)c1. The number of aliphatic hydroxyl groups excluding tert-OH is 1. The number of aliphatic hydroxyl groups is 1. The Labute approximate surface area is 194 Å². The third kappa shape index (κ3) is 5.51. The summed E-state index contributed by atoms with van der Waals surface area (Å²) in [6, 6.07) is 16.5. The zero-order valence-electron chi connectivity index (χ0n) is 18.7. The molecule has 0 aliphatic carbocycles. The van der Waals surface area contributed by atoms with Crippen LogP contribution in [-0.4, -0.2) is 47.8 Å². The molecule has 170 valence electrons. The number of rotatable bonds is 7. The van der Waals surface area contributed by atoms with E-state index in [1.165, 1.54) is 6.07 Å². The number of aromatic nitrogens is 1. The van der Waals surface area contributed by atoms with Crippen molar-refractivity contribution in [2.45, 2.75) is 19.6 Å². The van der Waals surface area contributed by atoms with Crippen molar-refractivity contribution in [1.29, 1.82) is 0 Å².